The van der Waals surface area contributed by atoms with Gasteiger partial charge in [-0.15, -0.1) is 0 Å². The Kier molecular flexibility index (Phi) is 8.44. The van der Waals surface area contributed by atoms with Crippen LogP contribution in [-0.4, -0.2) is 56.8 Å². The summed E-state index contributed by atoms with van der Waals surface area (Å²) in [5.41, 5.74) is 3.26. The summed E-state index contributed by atoms with van der Waals surface area (Å²) >= 11 is 0. The summed E-state index contributed by atoms with van der Waals surface area (Å²) in [7, 11) is 4.57. The maximum absolute atomic E-state index is 14.8. The highest BCUT2D eigenvalue weighted by Gasteiger charge is 2.26. The molecule has 4 aromatic rings. The molecule has 2 heterocycles. The van der Waals surface area contributed by atoms with Gasteiger partial charge in [0.1, 0.15) is 37.3 Å². The first-order valence-electron chi connectivity index (χ1n) is 11.9. The lowest BCUT2D eigenvalue weighted by molar-refractivity contribution is -1.10. The fourth-order valence-electron chi connectivity index (χ4n) is 4.12. The molecule has 1 unspecified atom stereocenters. The number of aromatic nitrogens is 3. The Morgan fingerprint density at radius 3 is 2.70 bits per heavy atom. The van der Waals surface area contributed by atoms with E-state index < -0.39 is 5.82 Å². The number of hydrogen-bond donors (Lipinski definition) is 2. The summed E-state index contributed by atoms with van der Waals surface area (Å²) < 4.78 is 27.0. The van der Waals surface area contributed by atoms with Gasteiger partial charge in [-0.25, -0.2) is 14.2 Å². The molecule has 2 aromatic heterocycles. The van der Waals surface area contributed by atoms with Crippen molar-refractivity contribution in [1.82, 2.24) is 9.97 Å². The van der Waals surface area contributed by atoms with Crippen LogP contribution in [0.1, 0.15) is 28.7 Å². The molecule has 2 aromatic carbocycles. The minimum Gasteiger partial charge on any atom is -0.496 e. The summed E-state index contributed by atoms with van der Waals surface area (Å²) in [5, 5.41) is 0.912. The Labute approximate surface area is 214 Å². The van der Waals surface area contributed by atoms with Gasteiger partial charge in [-0.1, -0.05) is 12.1 Å². The van der Waals surface area contributed by atoms with Crippen LogP contribution >= 0.6 is 0 Å². The number of nitrogens with zero attached hydrogens (tertiary/aromatic N) is 2. The maximum atomic E-state index is 14.8. The molecule has 1 atom stereocenters. The number of ketones is 1. The van der Waals surface area contributed by atoms with Crippen molar-refractivity contribution in [1.29, 1.82) is 0 Å². The van der Waals surface area contributed by atoms with E-state index in [4.69, 9.17) is 19.1 Å². The van der Waals surface area contributed by atoms with Crippen molar-refractivity contribution in [3.63, 3.8) is 0 Å². The fraction of sp³-hybridized carbons (Fsp3) is 0.296. The zero-order valence-corrected chi connectivity index (χ0v) is 21.3. The molecule has 0 amide bonds. The van der Waals surface area contributed by atoms with E-state index in [2.05, 4.69) is 9.97 Å². The average molecular weight is 511 g/mol. The Bertz CT molecular complexity index is 1390. The largest absolute Gasteiger partial charge is 0.496 e. The van der Waals surface area contributed by atoms with Gasteiger partial charge in [-0.05, 0) is 31.2 Å². The molecule has 9 nitrogen and oxygen atoms in total. The lowest BCUT2D eigenvalue weighted by Gasteiger charge is -2.15. The molecule has 0 spiro atoms. The molecule has 10 heteroatoms. The number of carbonyl (C=O) groups is 1. The molecular formula is C27H31FN4O5+2. The van der Waals surface area contributed by atoms with Gasteiger partial charge in [0.25, 0.3) is 5.69 Å². The van der Waals surface area contributed by atoms with Gasteiger partial charge in [0.05, 0.1) is 31.9 Å². The maximum Gasteiger partial charge on any atom is 0.272 e. The van der Waals surface area contributed by atoms with Crippen LogP contribution in [0.15, 0.2) is 54.7 Å². The molecule has 0 radical (unpaired) electrons. The van der Waals surface area contributed by atoms with Gasteiger partial charge in [-0.3, -0.25) is 9.63 Å². The first-order chi connectivity index (χ1) is 18.0. The van der Waals surface area contributed by atoms with Gasteiger partial charge < -0.3 is 14.5 Å². The van der Waals surface area contributed by atoms with E-state index in [-0.39, 0.29) is 17.2 Å². The number of aromatic amines is 1. The topological polar surface area (TPSA) is 91.0 Å². The van der Waals surface area contributed by atoms with E-state index in [1.807, 2.05) is 25.1 Å². The quantitative estimate of drug-likeness (QED) is 0.131. The van der Waals surface area contributed by atoms with Gasteiger partial charge in [0, 0.05) is 34.6 Å². The molecule has 0 fully saturated rings. The van der Waals surface area contributed by atoms with Crippen molar-refractivity contribution in [3.8, 4) is 17.0 Å². The smallest absolute Gasteiger partial charge is 0.272 e. The number of carbonyl (C=O) groups excluding carboxylic acids is 1. The van der Waals surface area contributed by atoms with Crippen molar-refractivity contribution in [2.75, 3.05) is 41.1 Å². The van der Waals surface area contributed by atoms with Crippen LogP contribution in [0.3, 0.4) is 0 Å². The third-order valence-electron chi connectivity index (χ3n) is 6.01. The number of methoxy groups -OCH3 is 1. The Balaban J connectivity index is 1.63. The number of pyridine rings is 1. The zero-order valence-electron chi connectivity index (χ0n) is 21.3. The second-order valence-corrected chi connectivity index (χ2v) is 8.26. The lowest BCUT2D eigenvalue weighted by Crippen LogP contribution is -3.10. The number of rotatable bonds is 12. The van der Waals surface area contributed by atoms with Gasteiger partial charge in [-0.2, -0.15) is 5.06 Å². The van der Waals surface area contributed by atoms with Crippen LogP contribution in [0.5, 0.6) is 5.75 Å². The molecule has 0 bridgehead atoms. The molecule has 4 rings (SSSR count). The first kappa shape index (κ1) is 26.2. The van der Waals surface area contributed by atoms with E-state index in [0.29, 0.717) is 48.8 Å². The first-order valence-corrected chi connectivity index (χ1v) is 11.9. The number of halogens is 1. The third kappa shape index (κ3) is 5.77. The average Bonchev–Trinajstić information content (AvgIpc) is 3.35. The summed E-state index contributed by atoms with van der Waals surface area (Å²) in [6.07, 6.45) is 1.56. The number of quaternary nitrogens is 1. The predicted molar refractivity (Wildman–Crippen MR) is 134 cm³/mol. The van der Waals surface area contributed by atoms with Crippen molar-refractivity contribution in [2.45, 2.75) is 13.5 Å². The van der Waals surface area contributed by atoms with E-state index in [9.17, 15) is 9.18 Å². The molecule has 0 saturated carbocycles. The van der Waals surface area contributed by atoms with Crippen molar-refractivity contribution in [3.05, 3.63) is 77.5 Å². The van der Waals surface area contributed by atoms with E-state index in [0.717, 1.165) is 16.1 Å². The molecule has 0 saturated heterocycles. The van der Waals surface area contributed by atoms with E-state index in [1.165, 1.54) is 25.0 Å². The second kappa shape index (κ2) is 11.9. The van der Waals surface area contributed by atoms with Crippen LogP contribution in [0.25, 0.3) is 22.3 Å². The number of H-pyrrole nitrogens is 1. The molecule has 0 aliphatic carbocycles. The molecule has 0 aliphatic rings. The summed E-state index contributed by atoms with van der Waals surface area (Å²) in [6.45, 7) is 4.56. The normalized spacial score (nSPS) is 12.0. The van der Waals surface area contributed by atoms with E-state index in [1.54, 1.807) is 37.6 Å². The lowest BCUT2D eigenvalue weighted by atomic mass is 10.0. The van der Waals surface area contributed by atoms with Crippen LogP contribution < -0.4 is 19.4 Å². The van der Waals surface area contributed by atoms with Crippen molar-refractivity contribution in [2.24, 2.45) is 0 Å². The fourth-order valence-corrected chi connectivity index (χ4v) is 4.12. The van der Waals surface area contributed by atoms with Crippen molar-refractivity contribution < 1.29 is 38.1 Å². The molecule has 37 heavy (non-hydrogen) atoms. The highest BCUT2D eigenvalue weighted by atomic mass is 19.1. The van der Waals surface area contributed by atoms with Crippen LogP contribution in [0, 0.1) is 5.82 Å². The van der Waals surface area contributed by atoms with Crippen LogP contribution in [0.2, 0.25) is 0 Å². The number of fused-ring (bicyclic) bond motifs is 1. The number of nitrogens with one attached hydrogen (secondary N) is 2. The Morgan fingerprint density at radius 2 is 1.97 bits per heavy atom. The third-order valence-corrected chi connectivity index (χ3v) is 6.01. The number of imidazole rings is 1. The molecule has 2 N–H and O–H groups in total. The highest BCUT2D eigenvalue weighted by Crippen LogP contribution is 2.31. The van der Waals surface area contributed by atoms with Crippen LogP contribution in [-0.2, 0) is 16.1 Å². The zero-order chi connectivity index (χ0) is 26.4. The van der Waals surface area contributed by atoms with Gasteiger partial charge in [0.15, 0.2) is 5.82 Å². The number of hydrogen-bond acceptors (Lipinski definition) is 6. The van der Waals surface area contributed by atoms with Gasteiger partial charge in [0.2, 0.25) is 12.0 Å². The highest BCUT2D eigenvalue weighted by molar-refractivity contribution is 6.08. The summed E-state index contributed by atoms with van der Waals surface area (Å²) in [4.78, 5) is 31.9. The van der Waals surface area contributed by atoms with E-state index >= 15 is 0 Å². The summed E-state index contributed by atoms with van der Waals surface area (Å²) in [5.74, 6) is -0.334. The SMILES string of the molecule is CCOCC[NH+](Cc1ccc2nc(C(=O)c3cc[n+](OC)c(-c4c(F)cccc4OC)c3)[nH]c2c1)OC. The minimum atomic E-state index is -0.500. The monoisotopic (exact) mass is 510 g/mol. The molecule has 0 aliphatic heterocycles. The Hall–Kier alpha value is -3.86. The molecular weight excluding hydrogens is 479 g/mol. The predicted octanol–water partition coefficient (Wildman–Crippen LogP) is 1.94. The molecule has 194 valence electrons. The number of ether oxygens (including phenoxy) is 2. The number of hydroxylamine groups is 2. The van der Waals surface area contributed by atoms with Gasteiger partial charge >= 0.3 is 0 Å². The van der Waals surface area contributed by atoms with Crippen molar-refractivity contribution >= 4 is 16.8 Å². The minimum absolute atomic E-state index is 0.182. The Morgan fingerprint density at radius 1 is 1.14 bits per heavy atom. The standard InChI is InChI=1S/C27H29FN4O5/c1-5-37-14-13-31(35-3)17-18-9-10-21-22(15-18)30-27(29-21)26(33)19-11-12-32(36-4)23(16-19)25-20(28)7-6-8-24(25)34-2/h6-12,15-16H,5,13-14,17H2,1-4H3/p+2. The van der Waals surface area contributed by atoms with Crippen LogP contribution in [0.4, 0.5) is 4.39 Å². The summed E-state index contributed by atoms with van der Waals surface area (Å²) in [6, 6.07) is 13.5. The second-order valence-electron chi connectivity index (χ2n) is 8.26. The number of benzene rings is 2.